The van der Waals surface area contributed by atoms with E-state index in [0.717, 1.165) is 24.3 Å². The van der Waals surface area contributed by atoms with Crippen molar-refractivity contribution in [3.63, 3.8) is 0 Å². The first kappa shape index (κ1) is 14.8. The second-order valence-electron chi connectivity index (χ2n) is 4.65. The molecule has 0 unspecified atom stereocenters. The van der Waals surface area contributed by atoms with Crippen molar-refractivity contribution in [2.45, 2.75) is 18.6 Å². The van der Waals surface area contributed by atoms with Gasteiger partial charge >= 0.3 is 6.18 Å². The molecule has 20 heavy (non-hydrogen) atoms. The molecule has 0 aliphatic carbocycles. The first-order chi connectivity index (χ1) is 9.17. The zero-order chi connectivity index (χ0) is 15.0. The van der Waals surface area contributed by atoms with Gasteiger partial charge in [-0.05, 0) is 30.7 Å². The maximum absolute atomic E-state index is 12.4. The second kappa shape index (κ2) is 5.08. The minimum atomic E-state index is -4.45. The Morgan fingerprint density at radius 2 is 1.80 bits per heavy atom. The average molecular weight is 307 g/mol. The average Bonchev–Trinajstić information content (AvgIpc) is 2.67. The number of rotatable bonds is 2. The molecule has 8 heteroatoms. The van der Waals surface area contributed by atoms with Crippen LogP contribution in [0.2, 0.25) is 0 Å². The number of carbonyl (C=O) groups excluding carboxylic acids is 1. The van der Waals surface area contributed by atoms with E-state index >= 15 is 0 Å². The summed E-state index contributed by atoms with van der Waals surface area (Å²) in [4.78, 5) is 11.8. The van der Waals surface area contributed by atoms with Gasteiger partial charge in [0.1, 0.15) is 0 Å². The highest BCUT2D eigenvalue weighted by molar-refractivity contribution is 7.91. The van der Waals surface area contributed by atoms with E-state index in [2.05, 4.69) is 5.32 Å². The summed E-state index contributed by atoms with van der Waals surface area (Å²) in [6.07, 6.45) is -4.12. The van der Waals surface area contributed by atoms with Crippen molar-refractivity contribution in [2.75, 3.05) is 11.5 Å². The molecule has 1 fully saturated rings. The minimum Gasteiger partial charge on any atom is -0.348 e. The minimum absolute atomic E-state index is 0.0188. The standard InChI is InChI=1S/C12H12F3NO3S/c13-12(14,15)9-3-1-8(2-4-9)11(17)16-10-5-6-20(18,19)7-10/h1-4,10H,5-7H2,(H,16,17)/t10-/m0/s1. The summed E-state index contributed by atoms with van der Waals surface area (Å²) in [5.41, 5.74) is -0.764. The third-order valence-corrected chi connectivity index (χ3v) is 4.81. The number of amides is 1. The highest BCUT2D eigenvalue weighted by Crippen LogP contribution is 2.29. The van der Waals surface area contributed by atoms with Crippen molar-refractivity contribution in [1.29, 1.82) is 0 Å². The van der Waals surface area contributed by atoms with Crippen LogP contribution in [-0.4, -0.2) is 31.9 Å². The van der Waals surface area contributed by atoms with Crippen LogP contribution in [0.5, 0.6) is 0 Å². The van der Waals surface area contributed by atoms with E-state index in [1.54, 1.807) is 0 Å². The molecule has 1 aromatic rings. The van der Waals surface area contributed by atoms with Crippen LogP contribution in [0.3, 0.4) is 0 Å². The number of alkyl halides is 3. The number of halogens is 3. The van der Waals surface area contributed by atoms with Crippen molar-refractivity contribution in [3.8, 4) is 0 Å². The van der Waals surface area contributed by atoms with Crippen molar-refractivity contribution in [1.82, 2.24) is 5.32 Å². The molecule has 1 aromatic carbocycles. The molecular formula is C12H12F3NO3S. The molecule has 2 rings (SSSR count). The largest absolute Gasteiger partial charge is 0.416 e. The van der Waals surface area contributed by atoms with Crippen LogP contribution in [0.15, 0.2) is 24.3 Å². The summed E-state index contributed by atoms with van der Waals surface area (Å²) >= 11 is 0. The van der Waals surface area contributed by atoms with Gasteiger partial charge in [0.05, 0.1) is 17.1 Å². The van der Waals surface area contributed by atoms with E-state index in [1.807, 2.05) is 0 Å². The normalized spacial score (nSPS) is 21.6. The van der Waals surface area contributed by atoms with Crippen LogP contribution in [-0.2, 0) is 16.0 Å². The lowest BCUT2D eigenvalue weighted by Gasteiger charge is -2.11. The molecule has 0 spiro atoms. The molecule has 1 atom stereocenters. The Bertz CT molecular complexity index is 608. The number of carbonyl (C=O) groups is 1. The van der Waals surface area contributed by atoms with Gasteiger partial charge in [-0.1, -0.05) is 0 Å². The number of nitrogens with one attached hydrogen (secondary N) is 1. The summed E-state index contributed by atoms with van der Waals surface area (Å²) in [5.74, 6) is -0.675. The van der Waals surface area contributed by atoms with Crippen LogP contribution in [0.25, 0.3) is 0 Å². The monoisotopic (exact) mass is 307 g/mol. The Morgan fingerprint density at radius 1 is 1.20 bits per heavy atom. The fourth-order valence-corrected chi connectivity index (χ4v) is 3.66. The molecule has 110 valence electrons. The molecule has 0 aromatic heterocycles. The highest BCUT2D eigenvalue weighted by Gasteiger charge is 2.31. The van der Waals surface area contributed by atoms with E-state index in [1.165, 1.54) is 0 Å². The van der Waals surface area contributed by atoms with E-state index in [0.29, 0.717) is 6.42 Å². The number of hydrogen-bond acceptors (Lipinski definition) is 3. The van der Waals surface area contributed by atoms with Crippen molar-refractivity contribution < 1.29 is 26.4 Å². The molecular weight excluding hydrogens is 295 g/mol. The number of hydrogen-bond donors (Lipinski definition) is 1. The topological polar surface area (TPSA) is 63.2 Å². The van der Waals surface area contributed by atoms with Gasteiger partial charge in [-0.3, -0.25) is 4.79 Å². The van der Waals surface area contributed by atoms with Crippen molar-refractivity contribution in [2.24, 2.45) is 0 Å². The maximum atomic E-state index is 12.4. The Hall–Kier alpha value is -1.57. The predicted octanol–water partition coefficient (Wildman–Crippen LogP) is 1.62. The molecule has 0 radical (unpaired) electrons. The van der Waals surface area contributed by atoms with Crippen LogP contribution < -0.4 is 5.32 Å². The lowest BCUT2D eigenvalue weighted by Crippen LogP contribution is -2.35. The first-order valence-electron chi connectivity index (χ1n) is 5.86. The molecule has 0 bridgehead atoms. The fraction of sp³-hybridized carbons (Fsp3) is 0.417. The summed E-state index contributed by atoms with van der Waals surface area (Å²) in [7, 11) is -3.11. The molecule has 0 saturated carbocycles. The molecule has 1 heterocycles. The lowest BCUT2D eigenvalue weighted by molar-refractivity contribution is -0.137. The summed E-state index contributed by atoms with van der Waals surface area (Å²) < 4.78 is 59.6. The third-order valence-electron chi connectivity index (χ3n) is 3.04. The molecule has 1 N–H and O–H groups in total. The van der Waals surface area contributed by atoms with Gasteiger partial charge in [0.15, 0.2) is 9.84 Å². The number of sulfone groups is 1. The van der Waals surface area contributed by atoms with E-state index in [-0.39, 0.29) is 17.1 Å². The smallest absolute Gasteiger partial charge is 0.348 e. The van der Waals surface area contributed by atoms with E-state index in [9.17, 15) is 26.4 Å². The first-order valence-corrected chi connectivity index (χ1v) is 7.68. The quantitative estimate of drug-likeness (QED) is 0.903. The fourth-order valence-electron chi connectivity index (χ4n) is 1.99. The van der Waals surface area contributed by atoms with E-state index in [4.69, 9.17) is 0 Å². The maximum Gasteiger partial charge on any atom is 0.416 e. The van der Waals surface area contributed by atoms with Gasteiger partial charge in [0.2, 0.25) is 0 Å². The lowest BCUT2D eigenvalue weighted by atomic mass is 10.1. The zero-order valence-corrected chi connectivity index (χ0v) is 11.1. The highest BCUT2D eigenvalue weighted by atomic mass is 32.2. The molecule has 1 saturated heterocycles. The summed E-state index contributed by atoms with van der Waals surface area (Å²) in [5, 5.41) is 2.51. The summed E-state index contributed by atoms with van der Waals surface area (Å²) in [6, 6.07) is 3.30. The molecule has 1 amide bonds. The van der Waals surface area contributed by atoms with Gasteiger partial charge in [0, 0.05) is 11.6 Å². The Morgan fingerprint density at radius 3 is 2.25 bits per heavy atom. The van der Waals surface area contributed by atoms with Crippen LogP contribution in [0, 0.1) is 0 Å². The Balaban J connectivity index is 2.03. The van der Waals surface area contributed by atoms with Gasteiger partial charge in [-0.15, -0.1) is 0 Å². The van der Waals surface area contributed by atoms with Crippen molar-refractivity contribution >= 4 is 15.7 Å². The van der Waals surface area contributed by atoms with Crippen LogP contribution in [0.1, 0.15) is 22.3 Å². The molecule has 1 aliphatic heterocycles. The second-order valence-corrected chi connectivity index (χ2v) is 6.88. The predicted molar refractivity (Wildman–Crippen MR) is 66.0 cm³/mol. The summed E-state index contributed by atoms with van der Waals surface area (Å²) in [6.45, 7) is 0. The SMILES string of the molecule is O=C(N[C@H]1CCS(=O)(=O)C1)c1ccc(C(F)(F)F)cc1. The van der Waals surface area contributed by atoms with Crippen LogP contribution >= 0.6 is 0 Å². The van der Waals surface area contributed by atoms with Crippen molar-refractivity contribution in [3.05, 3.63) is 35.4 Å². The van der Waals surface area contributed by atoms with Gasteiger partial charge in [-0.25, -0.2) is 8.42 Å². The molecule has 1 aliphatic rings. The Labute approximate surface area is 113 Å². The number of benzene rings is 1. The molecule has 4 nitrogen and oxygen atoms in total. The van der Waals surface area contributed by atoms with E-state index < -0.39 is 33.5 Å². The zero-order valence-electron chi connectivity index (χ0n) is 10.3. The van der Waals surface area contributed by atoms with Gasteiger partial charge < -0.3 is 5.32 Å². The van der Waals surface area contributed by atoms with Crippen LogP contribution in [0.4, 0.5) is 13.2 Å². The third kappa shape index (κ3) is 3.50. The Kier molecular flexibility index (Phi) is 3.77. The van der Waals surface area contributed by atoms with Gasteiger partial charge in [0.25, 0.3) is 5.91 Å². The van der Waals surface area contributed by atoms with Gasteiger partial charge in [-0.2, -0.15) is 13.2 Å².